The molecule has 2 aliphatic rings. The van der Waals surface area contributed by atoms with E-state index in [0.717, 1.165) is 30.5 Å². The van der Waals surface area contributed by atoms with Crippen LogP contribution < -0.4 is 0 Å². The molecule has 1 unspecified atom stereocenters. The van der Waals surface area contributed by atoms with Gasteiger partial charge in [-0.3, -0.25) is 4.90 Å². The molecule has 22 heavy (non-hydrogen) atoms. The maximum Gasteiger partial charge on any atom is 0.416 e. The molecule has 1 aromatic rings. The number of aryl methyl sites for hydroxylation is 1. The fourth-order valence-electron chi connectivity index (χ4n) is 4.33. The Morgan fingerprint density at radius 1 is 1.23 bits per heavy atom. The van der Waals surface area contributed by atoms with Crippen molar-refractivity contribution in [1.82, 2.24) is 4.90 Å². The lowest BCUT2D eigenvalue weighted by Crippen LogP contribution is -2.47. The van der Waals surface area contributed by atoms with Gasteiger partial charge in [-0.2, -0.15) is 13.2 Å². The molecule has 1 aliphatic carbocycles. The van der Waals surface area contributed by atoms with Crippen molar-refractivity contribution in [3.8, 4) is 0 Å². The smallest absolute Gasteiger partial charge is 0.293 e. The predicted molar refractivity (Wildman–Crippen MR) is 81.6 cm³/mol. The van der Waals surface area contributed by atoms with E-state index < -0.39 is 11.7 Å². The fraction of sp³-hybridized carbons (Fsp3) is 0.667. The number of fused-ring (bicyclic) bond motifs is 3. The van der Waals surface area contributed by atoms with Crippen LogP contribution in [-0.4, -0.2) is 17.5 Å². The molecule has 0 radical (unpaired) electrons. The number of nitrogens with zero attached hydrogens (tertiary/aromatic N) is 1. The Bertz CT molecular complexity index is 550. The quantitative estimate of drug-likeness (QED) is 0.701. The fourth-order valence-corrected chi connectivity index (χ4v) is 4.33. The van der Waals surface area contributed by atoms with Crippen molar-refractivity contribution in [1.29, 1.82) is 0 Å². The summed E-state index contributed by atoms with van der Waals surface area (Å²) in [4.78, 5) is 2.49. The Kier molecular flexibility index (Phi) is 4.00. The summed E-state index contributed by atoms with van der Waals surface area (Å²) in [6.45, 7) is 7.70. The summed E-state index contributed by atoms with van der Waals surface area (Å²) < 4.78 is 38.8. The SMILES string of the molecule is CC1C[C@@H]2CCc3cc(C(F)(F)F)ccc3[C@@H]2N(C(C)C)C1. The third kappa shape index (κ3) is 2.78. The zero-order chi connectivity index (χ0) is 16.1. The molecule has 122 valence electrons. The van der Waals surface area contributed by atoms with Gasteiger partial charge in [-0.1, -0.05) is 13.0 Å². The van der Waals surface area contributed by atoms with Crippen LogP contribution in [0.5, 0.6) is 0 Å². The summed E-state index contributed by atoms with van der Waals surface area (Å²) in [5, 5.41) is 0. The van der Waals surface area contributed by atoms with Crippen molar-refractivity contribution in [3.63, 3.8) is 0 Å². The predicted octanol–water partition coefficient (Wildman–Crippen LogP) is 5.06. The number of benzene rings is 1. The topological polar surface area (TPSA) is 3.24 Å². The zero-order valence-electron chi connectivity index (χ0n) is 13.5. The number of hydrogen-bond donors (Lipinski definition) is 0. The van der Waals surface area contributed by atoms with Gasteiger partial charge in [0.05, 0.1) is 5.56 Å². The van der Waals surface area contributed by atoms with E-state index in [2.05, 4.69) is 25.7 Å². The first kappa shape index (κ1) is 15.9. The molecule has 1 heterocycles. The summed E-state index contributed by atoms with van der Waals surface area (Å²) in [7, 11) is 0. The molecule has 0 amide bonds. The molecule has 0 spiro atoms. The Hall–Kier alpha value is -1.03. The van der Waals surface area contributed by atoms with Crippen LogP contribution in [0.2, 0.25) is 0 Å². The standard InChI is InChI=1S/C18H24F3N/c1-11(2)22-10-12(3)8-14-5-4-13-9-15(18(19,20)21)6-7-16(13)17(14)22/h6-7,9,11-12,14,17H,4-5,8,10H2,1-3H3/t12?,14-,17+/m0/s1. The van der Waals surface area contributed by atoms with Crippen molar-refractivity contribution < 1.29 is 13.2 Å². The lowest BCUT2D eigenvalue weighted by atomic mass is 9.72. The summed E-state index contributed by atoms with van der Waals surface area (Å²) in [6, 6.07) is 5.09. The molecular formula is C18H24F3N. The minimum Gasteiger partial charge on any atom is -0.293 e. The van der Waals surface area contributed by atoms with Gasteiger partial charge in [0.1, 0.15) is 0 Å². The highest BCUT2D eigenvalue weighted by molar-refractivity contribution is 5.38. The summed E-state index contributed by atoms with van der Waals surface area (Å²) in [6.07, 6.45) is -1.27. The first-order valence-electron chi connectivity index (χ1n) is 8.23. The lowest BCUT2D eigenvalue weighted by molar-refractivity contribution is -0.137. The van der Waals surface area contributed by atoms with Crippen molar-refractivity contribution in [2.45, 2.75) is 58.3 Å². The molecule has 3 atom stereocenters. The molecule has 1 nitrogen and oxygen atoms in total. The van der Waals surface area contributed by atoms with Gasteiger partial charge in [0, 0.05) is 18.6 Å². The minimum absolute atomic E-state index is 0.294. The van der Waals surface area contributed by atoms with Gasteiger partial charge in [-0.05, 0) is 68.2 Å². The first-order valence-corrected chi connectivity index (χ1v) is 8.23. The van der Waals surface area contributed by atoms with E-state index in [0.29, 0.717) is 23.9 Å². The average molecular weight is 311 g/mol. The maximum atomic E-state index is 12.9. The van der Waals surface area contributed by atoms with Crippen LogP contribution in [0.4, 0.5) is 13.2 Å². The molecule has 0 bridgehead atoms. The van der Waals surface area contributed by atoms with Crippen molar-refractivity contribution >= 4 is 0 Å². The second-order valence-electron chi connectivity index (χ2n) is 7.29. The highest BCUT2D eigenvalue weighted by atomic mass is 19.4. The molecule has 1 aromatic carbocycles. The van der Waals surface area contributed by atoms with Gasteiger partial charge in [0.25, 0.3) is 0 Å². The van der Waals surface area contributed by atoms with Crippen LogP contribution in [0, 0.1) is 11.8 Å². The van der Waals surface area contributed by atoms with E-state index >= 15 is 0 Å². The van der Waals surface area contributed by atoms with Crippen molar-refractivity contribution in [2.75, 3.05) is 6.54 Å². The van der Waals surface area contributed by atoms with E-state index in [-0.39, 0.29) is 0 Å². The minimum atomic E-state index is -4.25. The monoisotopic (exact) mass is 311 g/mol. The van der Waals surface area contributed by atoms with Gasteiger partial charge in [0.15, 0.2) is 0 Å². The molecule has 4 heteroatoms. The Balaban J connectivity index is 2.00. The molecular weight excluding hydrogens is 287 g/mol. The Morgan fingerprint density at radius 2 is 1.95 bits per heavy atom. The van der Waals surface area contributed by atoms with E-state index in [1.54, 1.807) is 6.07 Å². The molecule has 0 saturated carbocycles. The largest absolute Gasteiger partial charge is 0.416 e. The summed E-state index contributed by atoms with van der Waals surface area (Å²) in [5.74, 6) is 1.25. The Morgan fingerprint density at radius 3 is 2.59 bits per heavy atom. The molecule has 0 aromatic heterocycles. The van der Waals surface area contributed by atoms with E-state index in [9.17, 15) is 13.2 Å². The van der Waals surface area contributed by atoms with Gasteiger partial charge < -0.3 is 0 Å². The molecule has 1 fully saturated rings. The van der Waals surface area contributed by atoms with Crippen LogP contribution in [-0.2, 0) is 12.6 Å². The second-order valence-corrected chi connectivity index (χ2v) is 7.29. The van der Waals surface area contributed by atoms with Crippen LogP contribution >= 0.6 is 0 Å². The van der Waals surface area contributed by atoms with E-state index in [1.807, 2.05) is 0 Å². The molecule has 1 aliphatic heterocycles. The van der Waals surface area contributed by atoms with Crippen molar-refractivity contribution in [2.24, 2.45) is 11.8 Å². The molecule has 0 N–H and O–H groups in total. The third-order valence-corrected chi connectivity index (χ3v) is 5.27. The van der Waals surface area contributed by atoms with E-state index in [4.69, 9.17) is 0 Å². The second kappa shape index (κ2) is 5.55. The summed E-state index contributed by atoms with van der Waals surface area (Å²) in [5.41, 5.74) is 1.52. The number of likely N-dealkylation sites (tertiary alicyclic amines) is 1. The summed E-state index contributed by atoms with van der Waals surface area (Å²) >= 11 is 0. The molecule has 3 rings (SSSR count). The van der Waals surface area contributed by atoms with Crippen LogP contribution in [0.25, 0.3) is 0 Å². The van der Waals surface area contributed by atoms with Crippen LogP contribution in [0.1, 0.15) is 56.3 Å². The van der Waals surface area contributed by atoms with Gasteiger partial charge in [-0.25, -0.2) is 0 Å². The van der Waals surface area contributed by atoms with Crippen molar-refractivity contribution in [3.05, 3.63) is 34.9 Å². The van der Waals surface area contributed by atoms with Gasteiger partial charge in [0.2, 0.25) is 0 Å². The third-order valence-electron chi connectivity index (χ3n) is 5.27. The highest BCUT2D eigenvalue weighted by Gasteiger charge is 2.40. The van der Waals surface area contributed by atoms with E-state index in [1.165, 1.54) is 18.6 Å². The number of alkyl halides is 3. The molecule has 1 saturated heterocycles. The number of hydrogen-bond acceptors (Lipinski definition) is 1. The maximum absolute atomic E-state index is 12.9. The lowest BCUT2D eigenvalue weighted by Gasteiger charge is -2.49. The number of halogens is 3. The first-order chi connectivity index (χ1) is 10.3. The zero-order valence-corrected chi connectivity index (χ0v) is 13.5. The highest BCUT2D eigenvalue weighted by Crippen LogP contribution is 2.46. The number of piperidine rings is 1. The average Bonchev–Trinajstić information content (AvgIpc) is 2.44. The normalized spacial score (nSPS) is 29.3. The van der Waals surface area contributed by atoms with Crippen LogP contribution in [0.3, 0.4) is 0 Å². The van der Waals surface area contributed by atoms with Gasteiger partial charge >= 0.3 is 6.18 Å². The number of rotatable bonds is 1. The van der Waals surface area contributed by atoms with Crippen LogP contribution in [0.15, 0.2) is 18.2 Å². The Labute approximate surface area is 130 Å². The van der Waals surface area contributed by atoms with Gasteiger partial charge in [-0.15, -0.1) is 0 Å².